The van der Waals surface area contributed by atoms with E-state index < -0.39 is 0 Å². The van der Waals surface area contributed by atoms with Crippen LogP contribution >= 0.6 is 0 Å². The van der Waals surface area contributed by atoms with Crippen molar-refractivity contribution in [1.29, 1.82) is 0 Å². The topological polar surface area (TPSA) is 36.7 Å². The van der Waals surface area contributed by atoms with Crippen molar-refractivity contribution >= 4 is 16.9 Å². The maximum absolute atomic E-state index is 12.9. The van der Waals surface area contributed by atoms with Gasteiger partial charge >= 0.3 is 0 Å². The molecule has 0 bridgehead atoms. The maximum Gasteiger partial charge on any atom is 0.254 e. The number of benzene rings is 2. The van der Waals surface area contributed by atoms with E-state index in [0.717, 1.165) is 29.8 Å². The highest BCUT2D eigenvalue weighted by molar-refractivity contribution is 5.94. The number of carbonyl (C=O) groups excluding carboxylic acids is 1. The number of fused-ring (bicyclic) bond motifs is 1. The highest BCUT2D eigenvalue weighted by Crippen LogP contribution is 2.27. The number of hydrogen-bond acceptors (Lipinski definition) is 3. The largest absolute Gasteiger partial charge is 0.459 e. The van der Waals surface area contributed by atoms with E-state index in [-0.39, 0.29) is 11.9 Å². The Balaban J connectivity index is 1.71. The third-order valence-corrected chi connectivity index (χ3v) is 5.48. The Bertz CT molecular complexity index is 894. The van der Waals surface area contributed by atoms with Crippen LogP contribution in [-0.2, 0) is 6.54 Å². The Labute approximate surface area is 167 Å². The summed E-state index contributed by atoms with van der Waals surface area (Å²) in [6, 6.07) is 18.2. The molecule has 3 aromatic rings. The SMILES string of the molecule is CCN(Cc1ccc(C(=O)N(C)C(C)c2cc3ccccc3o2)cc1)C(C)C. The number of amides is 1. The van der Waals surface area contributed by atoms with Crippen LogP contribution in [0.2, 0.25) is 0 Å². The molecule has 0 aliphatic rings. The molecule has 0 spiro atoms. The first-order chi connectivity index (χ1) is 13.4. The molecule has 0 aliphatic carbocycles. The van der Waals surface area contributed by atoms with Crippen molar-refractivity contribution in [3.8, 4) is 0 Å². The van der Waals surface area contributed by atoms with Gasteiger partial charge in [0, 0.05) is 30.6 Å². The van der Waals surface area contributed by atoms with Crippen LogP contribution in [0, 0.1) is 0 Å². The lowest BCUT2D eigenvalue weighted by Gasteiger charge is -2.25. The van der Waals surface area contributed by atoms with Crippen LogP contribution in [0.1, 0.15) is 55.4 Å². The second kappa shape index (κ2) is 8.61. The molecule has 3 rings (SSSR count). The zero-order valence-corrected chi connectivity index (χ0v) is 17.5. The normalized spacial score (nSPS) is 12.7. The van der Waals surface area contributed by atoms with Crippen molar-refractivity contribution in [2.45, 2.75) is 46.3 Å². The highest BCUT2D eigenvalue weighted by atomic mass is 16.3. The molecule has 0 saturated carbocycles. The fourth-order valence-electron chi connectivity index (χ4n) is 3.43. The zero-order chi connectivity index (χ0) is 20.3. The van der Waals surface area contributed by atoms with Crippen LogP contribution in [0.5, 0.6) is 0 Å². The van der Waals surface area contributed by atoms with Crippen molar-refractivity contribution in [2.75, 3.05) is 13.6 Å². The molecule has 1 atom stereocenters. The lowest BCUT2D eigenvalue weighted by molar-refractivity contribution is 0.0727. The first-order valence-electron chi connectivity index (χ1n) is 9.99. The summed E-state index contributed by atoms with van der Waals surface area (Å²) in [7, 11) is 1.83. The minimum Gasteiger partial charge on any atom is -0.459 e. The molecule has 0 aliphatic heterocycles. The second-order valence-electron chi connectivity index (χ2n) is 7.63. The summed E-state index contributed by atoms with van der Waals surface area (Å²) in [5.41, 5.74) is 2.77. The molecule has 1 amide bonds. The van der Waals surface area contributed by atoms with E-state index in [0.29, 0.717) is 11.6 Å². The average molecular weight is 379 g/mol. The molecule has 0 fully saturated rings. The number of nitrogens with zero attached hydrogens (tertiary/aromatic N) is 2. The second-order valence-corrected chi connectivity index (χ2v) is 7.63. The summed E-state index contributed by atoms with van der Waals surface area (Å²) in [6.45, 7) is 10.5. The lowest BCUT2D eigenvalue weighted by atomic mass is 10.1. The van der Waals surface area contributed by atoms with Crippen LogP contribution in [-0.4, -0.2) is 35.3 Å². The van der Waals surface area contributed by atoms with Gasteiger partial charge in [-0.05, 0) is 57.1 Å². The summed E-state index contributed by atoms with van der Waals surface area (Å²) >= 11 is 0. The lowest BCUT2D eigenvalue weighted by Crippen LogP contribution is -2.30. The number of carbonyl (C=O) groups is 1. The van der Waals surface area contributed by atoms with Gasteiger partial charge in [-0.25, -0.2) is 0 Å². The van der Waals surface area contributed by atoms with Gasteiger partial charge in [-0.1, -0.05) is 37.3 Å². The highest BCUT2D eigenvalue weighted by Gasteiger charge is 2.22. The summed E-state index contributed by atoms with van der Waals surface area (Å²) in [4.78, 5) is 17.1. The van der Waals surface area contributed by atoms with Crippen LogP contribution in [0.25, 0.3) is 11.0 Å². The predicted molar refractivity (Wildman–Crippen MR) is 114 cm³/mol. The van der Waals surface area contributed by atoms with Gasteiger partial charge in [-0.2, -0.15) is 0 Å². The number of para-hydroxylation sites is 1. The standard InChI is InChI=1S/C24H30N2O2/c1-6-26(17(2)3)16-19-11-13-20(14-12-19)24(27)25(5)18(4)23-15-21-9-7-8-10-22(21)28-23/h7-15,17-18H,6,16H2,1-5H3. The Morgan fingerprint density at radius 2 is 1.71 bits per heavy atom. The Morgan fingerprint density at radius 1 is 1.04 bits per heavy atom. The van der Waals surface area contributed by atoms with E-state index in [1.807, 2.05) is 56.4 Å². The molecule has 0 saturated heterocycles. The molecule has 148 valence electrons. The van der Waals surface area contributed by atoms with Gasteiger partial charge < -0.3 is 9.32 Å². The van der Waals surface area contributed by atoms with Crippen molar-refractivity contribution < 1.29 is 9.21 Å². The quantitative estimate of drug-likeness (QED) is 0.545. The van der Waals surface area contributed by atoms with E-state index in [2.05, 4.69) is 37.8 Å². The fourth-order valence-corrected chi connectivity index (χ4v) is 3.43. The van der Waals surface area contributed by atoms with Gasteiger partial charge in [-0.15, -0.1) is 0 Å². The summed E-state index contributed by atoms with van der Waals surface area (Å²) < 4.78 is 5.94. The zero-order valence-electron chi connectivity index (χ0n) is 17.5. The molecule has 4 nitrogen and oxygen atoms in total. The first-order valence-corrected chi connectivity index (χ1v) is 9.99. The molecule has 0 N–H and O–H groups in total. The molecule has 0 radical (unpaired) electrons. The van der Waals surface area contributed by atoms with Gasteiger partial charge in [0.2, 0.25) is 0 Å². The van der Waals surface area contributed by atoms with Crippen molar-refractivity contribution in [3.63, 3.8) is 0 Å². The molecular formula is C24H30N2O2. The van der Waals surface area contributed by atoms with Gasteiger partial charge in [0.15, 0.2) is 0 Å². The van der Waals surface area contributed by atoms with Gasteiger partial charge in [-0.3, -0.25) is 9.69 Å². The maximum atomic E-state index is 12.9. The molecular weight excluding hydrogens is 348 g/mol. The molecule has 28 heavy (non-hydrogen) atoms. The minimum absolute atomic E-state index is 0.00397. The summed E-state index contributed by atoms with van der Waals surface area (Å²) in [5.74, 6) is 0.792. The van der Waals surface area contributed by atoms with E-state index in [9.17, 15) is 4.79 Å². The Hall–Kier alpha value is -2.59. The molecule has 1 aromatic heterocycles. The Kier molecular flexibility index (Phi) is 6.20. The van der Waals surface area contributed by atoms with E-state index in [1.165, 1.54) is 5.56 Å². The fraction of sp³-hybridized carbons (Fsp3) is 0.375. The summed E-state index contributed by atoms with van der Waals surface area (Å²) in [5, 5.41) is 1.06. The predicted octanol–water partition coefficient (Wildman–Crippen LogP) is 5.50. The molecule has 2 aromatic carbocycles. The minimum atomic E-state index is -0.142. The summed E-state index contributed by atoms with van der Waals surface area (Å²) in [6.07, 6.45) is 0. The Morgan fingerprint density at radius 3 is 2.32 bits per heavy atom. The van der Waals surface area contributed by atoms with E-state index >= 15 is 0 Å². The third-order valence-electron chi connectivity index (χ3n) is 5.48. The number of hydrogen-bond donors (Lipinski definition) is 0. The van der Waals surface area contributed by atoms with Gasteiger partial charge in [0.05, 0.1) is 6.04 Å². The average Bonchev–Trinajstić information content (AvgIpc) is 3.14. The van der Waals surface area contributed by atoms with E-state index in [4.69, 9.17) is 4.42 Å². The monoisotopic (exact) mass is 378 g/mol. The molecule has 1 heterocycles. The molecule has 1 unspecified atom stereocenters. The third kappa shape index (κ3) is 4.28. The smallest absolute Gasteiger partial charge is 0.254 e. The van der Waals surface area contributed by atoms with Crippen molar-refractivity contribution in [3.05, 3.63) is 71.5 Å². The number of rotatable bonds is 7. The van der Waals surface area contributed by atoms with Gasteiger partial charge in [0.1, 0.15) is 11.3 Å². The van der Waals surface area contributed by atoms with Crippen LogP contribution in [0.15, 0.2) is 59.0 Å². The molecule has 4 heteroatoms. The number of furan rings is 1. The first kappa shape index (κ1) is 20.2. The van der Waals surface area contributed by atoms with Crippen LogP contribution < -0.4 is 0 Å². The van der Waals surface area contributed by atoms with E-state index in [1.54, 1.807) is 4.90 Å². The van der Waals surface area contributed by atoms with Gasteiger partial charge in [0.25, 0.3) is 5.91 Å². The van der Waals surface area contributed by atoms with Crippen LogP contribution in [0.3, 0.4) is 0 Å². The van der Waals surface area contributed by atoms with Crippen LogP contribution in [0.4, 0.5) is 0 Å². The van der Waals surface area contributed by atoms with Crippen molar-refractivity contribution in [1.82, 2.24) is 9.80 Å². The van der Waals surface area contributed by atoms with Crippen molar-refractivity contribution in [2.24, 2.45) is 0 Å².